The monoisotopic (exact) mass is 503 g/mol. The van der Waals surface area contributed by atoms with Gasteiger partial charge in [-0.25, -0.2) is 28.4 Å². The van der Waals surface area contributed by atoms with Crippen LogP contribution in [0, 0.1) is 0 Å². The van der Waals surface area contributed by atoms with E-state index in [9.17, 15) is 33.7 Å². The predicted molar refractivity (Wildman–Crippen MR) is 97.1 cm³/mol. The number of fused-ring (bicyclic) bond motifs is 6. The van der Waals surface area contributed by atoms with Gasteiger partial charge in [-0.1, -0.05) is 0 Å². The minimum absolute atomic E-state index is 0.0133. The summed E-state index contributed by atoms with van der Waals surface area (Å²) in [6.07, 6.45) is -5.39. The summed E-state index contributed by atoms with van der Waals surface area (Å²) in [5.41, 5.74) is 5.94. The van der Waals surface area contributed by atoms with E-state index in [1.54, 1.807) is 0 Å². The van der Waals surface area contributed by atoms with Crippen molar-refractivity contribution in [3.63, 3.8) is 0 Å². The Morgan fingerprint density at radius 1 is 1.10 bits per heavy atom. The maximum absolute atomic E-state index is 12.5. The fourth-order valence-electron chi connectivity index (χ4n) is 3.61. The molecule has 20 heteroatoms. The fourth-order valence-corrected chi connectivity index (χ4v) is 7.50. The predicted octanol–water partition coefficient (Wildman–Crippen LogP) is -1.46. The van der Waals surface area contributed by atoms with Gasteiger partial charge in [-0.05, 0) is 0 Å². The first-order chi connectivity index (χ1) is 14.2. The van der Waals surface area contributed by atoms with Gasteiger partial charge in [-0.15, -0.1) is 0 Å². The zero-order valence-corrected chi connectivity index (χ0v) is 17.7. The second-order valence-corrected chi connectivity index (χ2v) is 11.7. The average Bonchev–Trinajstić information content (AvgIpc) is 3.09. The lowest BCUT2D eigenvalue weighted by atomic mass is 9.99. The van der Waals surface area contributed by atoms with Gasteiger partial charge >= 0.3 is 23.2 Å². The molecule has 2 bridgehead atoms. The average molecular weight is 503 g/mol. The Hall–Kier alpha value is -1.32. The molecule has 0 saturated carbocycles. The topological polar surface area (TPSA) is 270 Å². The van der Waals surface area contributed by atoms with Crippen LogP contribution in [0.4, 0.5) is 5.82 Å². The van der Waals surface area contributed by atoms with Crippen molar-refractivity contribution in [2.75, 3.05) is 11.9 Å². The van der Waals surface area contributed by atoms with E-state index in [1.807, 2.05) is 0 Å². The van der Waals surface area contributed by atoms with Crippen molar-refractivity contribution >= 4 is 40.2 Å². The zero-order chi connectivity index (χ0) is 22.9. The van der Waals surface area contributed by atoms with Crippen molar-refractivity contribution in [3.8, 4) is 0 Å². The summed E-state index contributed by atoms with van der Waals surface area (Å²) < 4.78 is 49.4. The Balaban J connectivity index is 1.73. The number of imidazole rings is 1. The molecule has 0 radical (unpaired) electrons. The van der Waals surface area contributed by atoms with Crippen LogP contribution >= 0.6 is 23.2 Å². The van der Waals surface area contributed by atoms with E-state index in [0.717, 1.165) is 6.33 Å². The van der Waals surface area contributed by atoms with Crippen molar-refractivity contribution in [2.45, 2.75) is 30.5 Å². The van der Waals surface area contributed by atoms with E-state index in [-0.39, 0.29) is 22.8 Å². The normalized spacial score (nSPS) is 31.9. The Bertz CT molecular complexity index is 1180. The highest BCUT2D eigenvalue weighted by Gasteiger charge is 2.56. The number of rotatable bonds is 6. The van der Waals surface area contributed by atoms with Crippen molar-refractivity contribution in [3.05, 3.63) is 12.2 Å². The number of hydrogen-bond donors (Lipinski definition) is 7. The highest BCUT2D eigenvalue weighted by Crippen LogP contribution is 2.67. The van der Waals surface area contributed by atoms with Gasteiger partial charge in [0, 0.05) is 0 Å². The molecular formula is C11H16N5O12P3. The van der Waals surface area contributed by atoms with Crippen LogP contribution in [0.15, 0.2) is 6.33 Å². The van der Waals surface area contributed by atoms with E-state index < -0.39 is 59.9 Å². The first-order valence-electron chi connectivity index (χ1n) is 8.32. The number of phosphoric acid groups is 2. The molecule has 2 aromatic heterocycles. The third-order valence-electron chi connectivity index (χ3n) is 4.66. The minimum Gasteiger partial charge on any atom is -0.387 e. The van der Waals surface area contributed by atoms with Gasteiger partial charge in [0.2, 0.25) is 0 Å². The third kappa shape index (κ3) is 4.20. The van der Waals surface area contributed by atoms with Crippen LogP contribution in [0.2, 0.25) is 0 Å². The van der Waals surface area contributed by atoms with Crippen molar-refractivity contribution in [2.24, 2.45) is 0 Å². The molecule has 0 spiro atoms. The first-order valence-corrected chi connectivity index (χ1v) is 13.1. The molecule has 7 unspecified atom stereocenters. The number of nitrogens with zero attached hydrogens (tertiary/aromatic N) is 4. The van der Waals surface area contributed by atoms with Gasteiger partial charge in [-0.3, -0.25) is 9.13 Å². The van der Waals surface area contributed by atoms with Crippen molar-refractivity contribution < 1.29 is 56.8 Å². The number of hydrogen-bond acceptors (Lipinski definition) is 12. The van der Waals surface area contributed by atoms with Gasteiger partial charge in [0.25, 0.3) is 0 Å². The molecule has 0 amide bonds. The summed E-state index contributed by atoms with van der Waals surface area (Å²) in [5.74, 6) is -1.36. The van der Waals surface area contributed by atoms with E-state index in [1.165, 1.54) is 4.57 Å². The molecule has 8 N–H and O–H groups in total. The van der Waals surface area contributed by atoms with E-state index in [2.05, 4.69) is 23.6 Å². The van der Waals surface area contributed by atoms with E-state index in [0.29, 0.717) is 0 Å². The van der Waals surface area contributed by atoms with E-state index in [4.69, 9.17) is 20.3 Å². The summed E-state index contributed by atoms with van der Waals surface area (Å²) in [6, 6.07) is 0. The number of nitrogen functional groups attached to an aromatic ring is 1. The Labute approximate surface area is 171 Å². The molecule has 17 nitrogen and oxygen atoms in total. The van der Waals surface area contributed by atoms with Gasteiger partial charge < -0.3 is 40.3 Å². The second-order valence-electron chi connectivity index (χ2n) is 6.79. The summed E-state index contributed by atoms with van der Waals surface area (Å²) in [6.45, 7) is 0. The maximum Gasteiger partial charge on any atom is 0.488 e. The molecular weight excluding hydrogens is 487 g/mol. The molecule has 0 aromatic carbocycles. The van der Waals surface area contributed by atoms with Crippen molar-refractivity contribution in [1.82, 2.24) is 19.5 Å². The minimum atomic E-state index is -5.67. The van der Waals surface area contributed by atoms with Crippen LogP contribution in [-0.2, 0) is 27.1 Å². The van der Waals surface area contributed by atoms with Crippen LogP contribution in [0.1, 0.15) is 18.0 Å². The fraction of sp³-hybridized carbons (Fsp3) is 0.545. The van der Waals surface area contributed by atoms with Gasteiger partial charge in [0.1, 0.15) is 24.4 Å². The molecule has 4 rings (SSSR count). The standard InChI is InChI=1S/C11H16N5O12P3/c12-8-4-10(14-2-13-8)16-9(15-4)3(7-5(17)6(18)11(16)26-7)1-29(19,20)27-31(24,25)28-30(21,22)23/h2-3,5-7,11,17-18H,1H2,(H,19,20)(H,24,25)(H2,12,13,14)(H2,21,22,23). The second kappa shape index (κ2) is 7.35. The number of ether oxygens (including phenoxy) is 1. The molecule has 7 atom stereocenters. The Morgan fingerprint density at radius 3 is 2.42 bits per heavy atom. The lowest BCUT2D eigenvalue weighted by Crippen LogP contribution is -2.36. The van der Waals surface area contributed by atoms with E-state index >= 15 is 0 Å². The van der Waals surface area contributed by atoms with Gasteiger partial charge in [0.05, 0.1) is 18.2 Å². The highest BCUT2D eigenvalue weighted by molar-refractivity contribution is 7.68. The number of aromatic nitrogens is 4. The molecule has 2 aliphatic rings. The molecule has 2 aliphatic heterocycles. The van der Waals surface area contributed by atoms with Crippen LogP contribution in [0.25, 0.3) is 11.2 Å². The molecule has 4 heterocycles. The molecule has 2 aromatic rings. The summed E-state index contributed by atoms with van der Waals surface area (Å²) in [4.78, 5) is 48.8. The Kier molecular flexibility index (Phi) is 5.42. The highest BCUT2D eigenvalue weighted by atomic mass is 31.3. The van der Waals surface area contributed by atoms with Crippen LogP contribution in [0.3, 0.4) is 0 Å². The lowest BCUT2D eigenvalue weighted by Gasteiger charge is -2.31. The number of anilines is 1. The number of aliphatic hydroxyl groups excluding tert-OH is 2. The zero-order valence-electron chi connectivity index (χ0n) is 15.0. The summed E-state index contributed by atoms with van der Waals surface area (Å²) >= 11 is 0. The molecule has 1 fully saturated rings. The van der Waals surface area contributed by atoms with Crippen molar-refractivity contribution in [1.29, 1.82) is 0 Å². The first kappa shape index (κ1) is 22.9. The number of aliphatic hydroxyl groups is 2. The molecule has 172 valence electrons. The largest absolute Gasteiger partial charge is 0.488 e. The molecule has 1 saturated heterocycles. The lowest BCUT2D eigenvalue weighted by molar-refractivity contribution is -0.0631. The van der Waals surface area contributed by atoms with Crippen LogP contribution in [-0.4, -0.2) is 73.8 Å². The quantitative estimate of drug-likeness (QED) is 0.222. The summed E-state index contributed by atoms with van der Waals surface area (Å²) in [7, 11) is -16.3. The van der Waals surface area contributed by atoms with Gasteiger partial charge in [0.15, 0.2) is 23.2 Å². The maximum atomic E-state index is 12.5. The summed E-state index contributed by atoms with van der Waals surface area (Å²) in [5, 5.41) is 20.7. The van der Waals surface area contributed by atoms with Gasteiger partial charge in [-0.2, -0.15) is 4.31 Å². The number of nitrogens with two attached hydrogens (primary N) is 1. The molecule has 0 aliphatic carbocycles. The SMILES string of the molecule is Nc1ncnc2c1nc1n2C2OC(C1CP(=O)(O)OP(=O)(O)OP(=O)(O)O)C(O)C2O. The third-order valence-corrected chi connectivity index (χ3v) is 9.04. The smallest absolute Gasteiger partial charge is 0.387 e. The van der Waals surface area contributed by atoms with Crippen LogP contribution in [0.5, 0.6) is 0 Å². The van der Waals surface area contributed by atoms with Crippen LogP contribution < -0.4 is 5.73 Å². The Morgan fingerprint density at radius 2 is 1.77 bits per heavy atom. The molecule has 31 heavy (non-hydrogen) atoms.